The van der Waals surface area contributed by atoms with E-state index >= 15 is 0 Å². The normalized spacial score (nSPS) is 33.0. The van der Waals surface area contributed by atoms with Crippen LogP contribution in [0.5, 0.6) is 0 Å². The molecule has 1 aliphatic carbocycles. The molecule has 0 heterocycles. The van der Waals surface area contributed by atoms with Crippen LogP contribution in [0.25, 0.3) is 0 Å². The predicted molar refractivity (Wildman–Crippen MR) is 64.2 cm³/mol. The van der Waals surface area contributed by atoms with E-state index in [0.29, 0.717) is 17.8 Å². The average Bonchev–Trinajstić information content (AvgIpc) is 2.25. The quantitative estimate of drug-likeness (QED) is 0.757. The first-order valence-electron chi connectivity index (χ1n) is 6.45. The summed E-state index contributed by atoms with van der Waals surface area (Å²) >= 11 is 0. The van der Waals surface area contributed by atoms with Crippen LogP contribution >= 0.6 is 0 Å². The summed E-state index contributed by atoms with van der Waals surface area (Å²) in [7, 11) is 0. The molecule has 2 N–H and O–H groups in total. The van der Waals surface area contributed by atoms with Crippen molar-refractivity contribution < 1.29 is 14.9 Å². The zero-order chi connectivity index (χ0) is 12.1. The van der Waals surface area contributed by atoms with Crippen LogP contribution in [0.4, 0.5) is 0 Å². The fourth-order valence-corrected chi connectivity index (χ4v) is 2.59. The molecule has 0 aromatic rings. The van der Waals surface area contributed by atoms with E-state index in [1.807, 2.05) is 0 Å². The van der Waals surface area contributed by atoms with Crippen molar-refractivity contribution in [2.24, 2.45) is 17.8 Å². The van der Waals surface area contributed by atoms with Gasteiger partial charge in [0.15, 0.2) is 0 Å². The lowest BCUT2D eigenvalue weighted by Crippen LogP contribution is -2.36. The highest BCUT2D eigenvalue weighted by Crippen LogP contribution is 2.35. The molecule has 0 bridgehead atoms. The van der Waals surface area contributed by atoms with Crippen LogP contribution in [0, 0.1) is 17.8 Å². The van der Waals surface area contributed by atoms with Crippen LogP contribution in [0.3, 0.4) is 0 Å². The second kappa shape index (κ2) is 6.58. The van der Waals surface area contributed by atoms with Crippen molar-refractivity contribution in [3.63, 3.8) is 0 Å². The molecule has 4 atom stereocenters. The van der Waals surface area contributed by atoms with Gasteiger partial charge in [-0.2, -0.15) is 0 Å². The molecule has 1 aliphatic rings. The Bertz CT molecular complexity index is 194. The largest absolute Gasteiger partial charge is 0.394 e. The minimum absolute atomic E-state index is 0.214. The fourth-order valence-electron chi connectivity index (χ4n) is 2.59. The first-order valence-corrected chi connectivity index (χ1v) is 6.45. The molecule has 16 heavy (non-hydrogen) atoms. The van der Waals surface area contributed by atoms with Gasteiger partial charge in [-0.1, -0.05) is 27.2 Å². The minimum Gasteiger partial charge on any atom is -0.394 e. The molecule has 1 rings (SSSR count). The highest BCUT2D eigenvalue weighted by atomic mass is 16.5. The average molecular weight is 230 g/mol. The third-order valence-electron chi connectivity index (χ3n) is 3.67. The molecule has 0 aromatic heterocycles. The summed E-state index contributed by atoms with van der Waals surface area (Å²) in [5, 5.41) is 18.1. The van der Waals surface area contributed by atoms with E-state index in [2.05, 4.69) is 20.8 Å². The Balaban J connectivity index is 2.44. The lowest BCUT2D eigenvalue weighted by Gasteiger charge is -2.37. The Morgan fingerprint density at radius 2 is 2.00 bits per heavy atom. The van der Waals surface area contributed by atoms with Gasteiger partial charge in [0.2, 0.25) is 0 Å². The lowest BCUT2D eigenvalue weighted by atomic mass is 9.75. The minimum atomic E-state index is -0.731. The SMILES string of the molecule is CC1CC[C@@H](C(C)C)[C@H](OC[C@@H](O)CO)C1. The molecule has 3 nitrogen and oxygen atoms in total. The summed E-state index contributed by atoms with van der Waals surface area (Å²) in [4.78, 5) is 0. The summed E-state index contributed by atoms with van der Waals surface area (Å²) in [6.07, 6.45) is 3.11. The van der Waals surface area contributed by atoms with Crippen molar-refractivity contribution in [1.82, 2.24) is 0 Å². The van der Waals surface area contributed by atoms with Crippen molar-refractivity contribution in [3.05, 3.63) is 0 Å². The van der Waals surface area contributed by atoms with Gasteiger partial charge in [-0.15, -0.1) is 0 Å². The van der Waals surface area contributed by atoms with Gasteiger partial charge in [-0.25, -0.2) is 0 Å². The molecule has 0 amide bonds. The molecule has 0 aliphatic heterocycles. The zero-order valence-electron chi connectivity index (χ0n) is 10.7. The van der Waals surface area contributed by atoms with Crippen LogP contribution in [0.1, 0.15) is 40.0 Å². The Kier molecular flexibility index (Phi) is 5.73. The van der Waals surface area contributed by atoms with Crippen molar-refractivity contribution in [2.75, 3.05) is 13.2 Å². The van der Waals surface area contributed by atoms with Gasteiger partial charge in [0.25, 0.3) is 0 Å². The second-order valence-electron chi connectivity index (χ2n) is 5.53. The molecule has 1 saturated carbocycles. The Morgan fingerprint density at radius 1 is 1.31 bits per heavy atom. The van der Waals surface area contributed by atoms with Crippen molar-refractivity contribution in [2.45, 2.75) is 52.2 Å². The monoisotopic (exact) mass is 230 g/mol. The number of ether oxygens (including phenoxy) is 1. The molecule has 0 radical (unpaired) electrons. The Labute approximate surface area is 98.8 Å². The van der Waals surface area contributed by atoms with Crippen LogP contribution in [0.15, 0.2) is 0 Å². The van der Waals surface area contributed by atoms with E-state index < -0.39 is 6.10 Å². The molecule has 1 unspecified atom stereocenters. The predicted octanol–water partition coefficient (Wildman–Crippen LogP) is 1.82. The highest BCUT2D eigenvalue weighted by Gasteiger charge is 2.31. The third-order valence-corrected chi connectivity index (χ3v) is 3.67. The summed E-state index contributed by atoms with van der Waals surface area (Å²) in [6.45, 7) is 6.78. The smallest absolute Gasteiger partial charge is 0.100 e. The molecule has 96 valence electrons. The topological polar surface area (TPSA) is 49.7 Å². The van der Waals surface area contributed by atoms with Crippen molar-refractivity contribution in [3.8, 4) is 0 Å². The molecule has 0 saturated heterocycles. The van der Waals surface area contributed by atoms with Gasteiger partial charge < -0.3 is 14.9 Å². The number of hydrogen-bond donors (Lipinski definition) is 2. The van der Waals surface area contributed by atoms with E-state index in [1.165, 1.54) is 12.8 Å². The number of rotatable bonds is 5. The standard InChI is InChI=1S/C13H26O3/c1-9(2)12-5-4-10(3)6-13(12)16-8-11(15)7-14/h9-15H,4-8H2,1-3H3/t10?,11-,12-,13+/m0/s1. The molecule has 0 aromatic carbocycles. The fraction of sp³-hybridized carbons (Fsp3) is 1.00. The number of aliphatic hydroxyl groups is 2. The van der Waals surface area contributed by atoms with Gasteiger partial charge in [-0.3, -0.25) is 0 Å². The zero-order valence-corrected chi connectivity index (χ0v) is 10.7. The van der Waals surface area contributed by atoms with Gasteiger partial charge in [-0.05, 0) is 30.6 Å². The summed E-state index contributed by atoms with van der Waals surface area (Å²) in [6, 6.07) is 0. The van der Waals surface area contributed by atoms with Crippen molar-refractivity contribution >= 4 is 0 Å². The Hall–Kier alpha value is -0.120. The van der Waals surface area contributed by atoms with Crippen LogP contribution in [-0.4, -0.2) is 35.6 Å². The maximum atomic E-state index is 9.30. The van der Waals surface area contributed by atoms with E-state index in [1.54, 1.807) is 0 Å². The molecule has 0 spiro atoms. The van der Waals surface area contributed by atoms with Gasteiger partial charge in [0.1, 0.15) is 6.10 Å². The van der Waals surface area contributed by atoms with Gasteiger partial charge in [0.05, 0.1) is 19.3 Å². The maximum Gasteiger partial charge on any atom is 0.100 e. The molecular weight excluding hydrogens is 204 g/mol. The first kappa shape index (κ1) is 13.9. The van der Waals surface area contributed by atoms with E-state index in [9.17, 15) is 5.11 Å². The van der Waals surface area contributed by atoms with Gasteiger partial charge >= 0.3 is 0 Å². The highest BCUT2D eigenvalue weighted by molar-refractivity contribution is 4.81. The third kappa shape index (κ3) is 4.04. The van der Waals surface area contributed by atoms with E-state index in [0.717, 1.165) is 6.42 Å². The van der Waals surface area contributed by atoms with E-state index in [4.69, 9.17) is 9.84 Å². The summed E-state index contributed by atoms with van der Waals surface area (Å²) in [5.74, 6) is 1.94. The molecular formula is C13H26O3. The lowest BCUT2D eigenvalue weighted by molar-refractivity contribution is -0.0776. The van der Waals surface area contributed by atoms with Crippen LogP contribution in [0.2, 0.25) is 0 Å². The van der Waals surface area contributed by atoms with Crippen molar-refractivity contribution in [1.29, 1.82) is 0 Å². The van der Waals surface area contributed by atoms with Gasteiger partial charge in [0, 0.05) is 0 Å². The van der Waals surface area contributed by atoms with E-state index in [-0.39, 0.29) is 19.3 Å². The maximum absolute atomic E-state index is 9.30. The summed E-state index contributed by atoms with van der Waals surface area (Å²) in [5.41, 5.74) is 0. The van der Waals surface area contributed by atoms with Crippen LogP contribution in [-0.2, 0) is 4.74 Å². The number of hydrogen-bond acceptors (Lipinski definition) is 3. The number of aliphatic hydroxyl groups excluding tert-OH is 2. The molecule has 3 heteroatoms. The molecule has 1 fully saturated rings. The van der Waals surface area contributed by atoms with Crippen LogP contribution < -0.4 is 0 Å². The second-order valence-corrected chi connectivity index (χ2v) is 5.53. The summed E-state index contributed by atoms with van der Waals surface area (Å²) < 4.78 is 5.77. The first-order chi connectivity index (χ1) is 7.54. The Morgan fingerprint density at radius 3 is 2.56 bits per heavy atom.